The highest BCUT2D eigenvalue weighted by Crippen LogP contribution is 2.12. The van der Waals surface area contributed by atoms with E-state index in [0.717, 1.165) is 5.56 Å². The van der Waals surface area contributed by atoms with Gasteiger partial charge in [0.2, 0.25) is 11.8 Å². The molecule has 1 aliphatic heterocycles. The molecule has 1 atom stereocenters. The molecule has 1 N–H and O–H groups in total. The quantitative estimate of drug-likeness (QED) is 0.898. The zero-order valence-electron chi connectivity index (χ0n) is 11.5. The molecule has 1 unspecified atom stereocenters. The van der Waals surface area contributed by atoms with E-state index in [2.05, 4.69) is 5.32 Å². The highest BCUT2D eigenvalue weighted by molar-refractivity contribution is 5.89. The molecule has 102 valence electrons. The predicted octanol–water partition coefficient (Wildman–Crippen LogP) is 1.62. The Kier molecular flexibility index (Phi) is 4.20. The van der Waals surface area contributed by atoms with Crippen LogP contribution in [0.1, 0.15) is 30.9 Å². The van der Waals surface area contributed by atoms with Crippen LogP contribution in [0.15, 0.2) is 24.3 Å². The van der Waals surface area contributed by atoms with Crippen molar-refractivity contribution >= 4 is 11.8 Å². The van der Waals surface area contributed by atoms with E-state index in [1.165, 1.54) is 5.56 Å². The zero-order chi connectivity index (χ0) is 13.8. The number of carbonyl (C=O) groups is 2. The Morgan fingerprint density at radius 3 is 2.58 bits per heavy atom. The SMILES string of the molecule is CCC1NC(=O)CCN(Cc2ccc(C)cc2)C1=O. The number of hydrogen-bond donors (Lipinski definition) is 1. The van der Waals surface area contributed by atoms with Crippen molar-refractivity contribution in [1.29, 1.82) is 0 Å². The molecule has 2 amide bonds. The minimum absolute atomic E-state index is 0.0222. The lowest BCUT2D eigenvalue weighted by Crippen LogP contribution is -2.43. The molecule has 1 aromatic carbocycles. The zero-order valence-corrected chi connectivity index (χ0v) is 11.5. The Morgan fingerprint density at radius 2 is 1.95 bits per heavy atom. The molecule has 0 aliphatic carbocycles. The fraction of sp³-hybridized carbons (Fsp3) is 0.467. The van der Waals surface area contributed by atoms with Gasteiger partial charge in [0.15, 0.2) is 0 Å². The molecule has 1 heterocycles. The summed E-state index contributed by atoms with van der Waals surface area (Å²) in [6.07, 6.45) is 1.02. The van der Waals surface area contributed by atoms with E-state index in [4.69, 9.17) is 0 Å². The van der Waals surface area contributed by atoms with Crippen molar-refractivity contribution in [2.24, 2.45) is 0 Å². The summed E-state index contributed by atoms with van der Waals surface area (Å²) in [5.41, 5.74) is 2.30. The van der Waals surface area contributed by atoms with Gasteiger partial charge in [-0.05, 0) is 18.9 Å². The molecular weight excluding hydrogens is 240 g/mol. The maximum atomic E-state index is 12.3. The smallest absolute Gasteiger partial charge is 0.245 e. The number of hydrogen-bond acceptors (Lipinski definition) is 2. The monoisotopic (exact) mass is 260 g/mol. The lowest BCUT2D eigenvalue weighted by Gasteiger charge is -2.23. The largest absolute Gasteiger partial charge is 0.344 e. The van der Waals surface area contributed by atoms with Crippen molar-refractivity contribution in [2.45, 2.75) is 39.3 Å². The highest BCUT2D eigenvalue weighted by atomic mass is 16.2. The van der Waals surface area contributed by atoms with Crippen molar-refractivity contribution in [3.63, 3.8) is 0 Å². The Hall–Kier alpha value is -1.84. The molecule has 1 aromatic rings. The van der Waals surface area contributed by atoms with Gasteiger partial charge in [-0.2, -0.15) is 0 Å². The van der Waals surface area contributed by atoms with Gasteiger partial charge in [0, 0.05) is 19.5 Å². The second-order valence-corrected chi connectivity index (χ2v) is 5.02. The standard InChI is InChI=1S/C15H20N2O2/c1-3-13-15(19)17(9-8-14(18)16-13)10-12-6-4-11(2)5-7-12/h4-7,13H,3,8-10H2,1-2H3,(H,16,18). The van der Waals surface area contributed by atoms with E-state index in [-0.39, 0.29) is 17.9 Å². The van der Waals surface area contributed by atoms with Crippen LogP contribution in [0.3, 0.4) is 0 Å². The second kappa shape index (κ2) is 5.87. The first-order valence-electron chi connectivity index (χ1n) is 6.74. The third-order valence-corrected chi connectivity index (χ3v) is 3.46. The fourth-order valence-electron chi connectivity index (χ4n) is 2.24. The summed E-state index contributed by atoms with van der Waals surface area (Å²) in [4.78, 5) is 25.6. The third kappa shape index (κ3) is 3.34. The molecule has 1 saturated heterocycles. The number of rotatable bonds is 3. The van der Waals surface area contributed by atoms with Crippen LogP contribution in [0.4, 0.5) is 0 Å². The molecule has 2 rings (SSSR count). The first-order valence-corrected chi connectivity index (χ1v) is 6.74. The summed E-state index contributed by atoms with van der Waals surface area (Å²) >= 11 is 0. The van der Waals surface area contributed by atoms with Crippen LogP contribution in [0, 0.1) is 6.92 Å². The number of amides is 2. The van der Waals surface area contributed by atoms with E-state index in [1.807, 2.05) is 38.1 Å². The van der Waals surface area contributed by atoms with Gasteiger partial charge in [-0.3, -0.25) is 9.59 Å². The molecule has 4 heteroatoms. The van der Waals surface area contributed by atoms with Crippen LogP contribution in [0.25, 0.3) is 0 Å². The molecular formula is C15H20N2O2. The van der Waals surface area contributed by atoms with Gasteiger partial charge in [-0.1, -0.05) is 36.8 Å². The predicted molar refractivity (Wildman–Crippen MR) is 73.4 cm³/mol. The van der Waals surface area contributed by atoms with Crippen molar-refractivity contribution in [3.05, 3.63) is 35.4 Å². The first-order chi connectivity index (χ1) is 9.10. The molecule has 0 radical (unpaired) electrons. The highest BCUT2D eigenvalue weighted by Gasteiger charge is 2.28. The fourth-order valence-corrected chi connectivity index (χ4v) is 2.24. The van der Waals surface area contributed by atoms with Crippen molar-refractivity contribution in [1.82, 2.24) is 10.2 Å². The minimum atomic E-state index is -0.375. The minimum Gasteiger partial charge on any atom is -0.344 e. The van der Waals surface area contributed by atoms with Gasteiger partial charge < -0.3 is 10.2 Å². The van der Waals surface area contributed by atoms with Crippen LogP contribution in [0.2, 0.25) is 0 Å². The first kappa shape index (κ1) is 13.6. The number of carbonyl (C=O) groups excluding carboxylic acids is 2. The maximum absolute atomic E-state index is 12.3. The van der Waals surface area contributed by atoms with Crippen molar-refractivity contribution < 1.29 is 9.59 Å². The number of nitrogens with zero attached hydrogens (tertiary/aromatic N) is 1. The van der Waals surface area contributed by atoms with Crippen molar-refractivity contribution in [2.75, 3.05) is 6.54 Å². The van der Waals surface area contributed by atoms with Crippen LogP contribution in [0.5, 0.6) is 0 Å². The molecule has 4 nitrogen and oxygen atoms in total. The molecule has 0 bridgehead atoms. The molecule has 1 fully saturated rings. The van der Waals surface area contributed by atoms with Gasteiger partial charge in [-0.25, -0.2) is 0 Å². The van der Waals surface area contributed by atoms with E-state index >= 15 is 0 Å². The average Bonchev–Trinajstić information content (AvgIpc) is 2.54. The maximum Gasteiger partial charge on any atom is 0.245 e. The van der Waals surface area contributed by atoms with Crippen molar-refractivity contribution in [3.8, 4) is 0 Å². The molecule has 0 saturated carbocycles. The Bertz CT molecular complexity index is 468. The van der Waals surface area contributed by atoms with Gasteiger partial charge in [-0.15, -0.1) is 0 Å². The Morgan fingerprint density at radius 1 is 1.26 bits per heavy atom. The lowest BCUT2D eigenvalue weighted by atomic mass is 10.1. The summed E-state index contributed by atoms with van der Waals surface area (Å²) in [7, 11) is 0. The van der Waals surface area contributed by atoms with Gasteiger partial charge in [0.1, 0.15) is 6.04 Å². The molecule has 0 spiro atoms. The average molecular weight is 260 g/mol. The Labute approximate surface area is 113 Å². The normalized spacial score (nSPS) is 20.1. The Balaban J connectivity index is 2.11. The van der Waals surface area contributed by atoms with Crippen LogP contribution >= 0.6 is 0 Å². The summed E-state index contributed by atoms with van der Waals surface area (Å²) < 4.78 is 0. The van der Waals surface area contributed by atoms with Gasteiger partial charge in [0.25, 0.3) is 0 Å². The van der Waals surface area contributed by atoms with Crippen LogP contribution in [-0.4, -0.2) is 29.3 Å². The van der Waals surface area contributed by atoms with Crippen LogP contribution < -0.4 is 5.32 Å². The summed E-state index contributed by atoms with van der Waals surface area (Å²) in [6.45, 7) is 5.02. The summed E-state index contributed by atoms with van der Waals surface area (Å²) in [6, 6.07) is 7.77. The second-order valence-electron chi connectivity index (χ2n) is 5.02. The van der Waals surface area contributed by atoms with E-state index in [9.17, 15) is 9.59 Å². The number of aryl methyl sites for hydroxylation is 1. The molecule has 1 aliphatic rings. The lowest BCUT2D eigenvalue weighted by molar-refractivity contribution is -0.134. The van der Waals surface area contributed by atoms with E-state index < -0.39 is 0 Å². The topological polar surface area (TPSA) is 49.4 Å². The number of nitrogens with one attached hydrogen (secondary N) is 1. The van der Waals surface area contributed by atoms with E-state index in [1.54, 1.807) is 4.90 Å². The van der Waals surface area contributed by atoms with E-state index in [0.29, 0.717) is 25.9 Å². The summed E-state index contributed by atoms with van der Waals surface area (Å²) in [5.74, 6) is -0.0134. The van der Waals surface area contributed by atoms with Gasteiger partial charge in [0.05, 0.1) is 0 Å². The number of benzene rings is 1. The van der Waals surface area contributed by atoms with Crippen LogP contribution in [-0.2, 0) is 16.1 Å². The molecule has 0 aromatic heterocycles. The third-order valence-electron chi connectivity index (χ3n) is 3.46. The summed E-state index contributed by atoms with van der Waals surface area (Å²) in [5, 5.41) is 2.77. The molecule has 19 heavy (non-hydrogen) atoms. The van der Waals surface area contributed by atoms with Gasteiger partial charge >= 0.3 is 0 Å².